The van der Waals surface area contributed by atoms with Crippen LogP contribution in [-0.4, -0.2) is 37.3 Å². The molecule has 9 nitrogen and oxygen atoms in total. The molecule has 3 aromatic heterocycles. The summed E-state index contributed by atoms with van der Waals surface area (Å²) in [7, 11) is 0. The SMILES string of the molecule is Cc1ccnc2c(C(=O)NC(C)c3cc4cccc(C#CC5CC(C)OC(C)C5)c4c(=O)n3-c3ccccc3)c(N)nn12. The summed E-state index contributed by atoms with van der Waals surface area (Å²) in [6, 6.07) is 18.3. The number of rotatable bonds is 4. The van der Waals surface area contributed by atoms with Gasteiger partial charge in [0.2, 0.25) is 0 Å². The highest BCUT2D eigenvalue weighted by molar-refractivity contribution is 6.04. The predicted octanol–water partition coefficient (Wildman–Crippen LogP) is 4.97. The molecular weight excluding hydrogens is 540 g/mol. The fourth-order valence-corrected chi connectivity index (χ4v) is 5.99. The van der Waals surface area contributed by atoms with Gasteiger partial charge in [0.15, 0.2) is 11.5 Å². The first-order valence-corrected chi connectivity index (χ1v) is 14.5. The van der Waals surface area contributed by atoms with Crippen LogP contribution in [0.15, 0.2) is 71.7 Å². The standard InChI is InChI=1S/C34H34N6O3/c1-20-15-16-36-32-30(31(35)38-40(20)32)33(41)37-23(4)28-19-26-10-8-9-25(14-13-24-17-21(2)43-22(3)18-24)29(26)34(42)39(28)27-11-6-5-7-12-27/h5-12,15-16,19,21-24H,17-18H2,1-4H3,(H2,35,38)(H,37,41). The van der Waals surface area contributed by atoms with E-state index in [0.717, 1.165) is 23.9 Å². The normalized spacial score (nSPS) is 19.1. The van der Waals surface area contributed by atoms with E-state index < -0.39 is 11.9 Å². The number of anilines is 1. The summed E-state index contributed by atoms with van der Waals surface area (Å²) >= 11 is 0. The highest BCUT2D eigenvalue weighted by Gasteiger charge is 2.25. The molecule has 4 heterocycles. The topological polar surface area (TPSA) is 117 Å². The molecule has 3 atom stereocenters. The molecule has 2 aromatic carbocycles. The second-order valence-corrected chi connectivity index (χ2v) is 11.3. The van der Waals surface area contributed by atoms with Crippen molar-refractivity contribution in [2.45, 2.75) is 58.8 Å². The van der Waals surface area contributed by atoms with Crippen LogP contribution in [0.3, 0.4) is 0 Å². The quantitative estimate of drug-likeness (QED) is 0.293. The number of nitrogens with zero attached hydrogens (tertiary/aromatic N) is 4. The number of carbonyl (C=O) groups is 1. The number of hydrogen-bond donors (Lipinski definition) is 2. The third kappa shape index (κ3) is 5.38. The second-order valence-electron chi connectivity index (χ2n) is 11.3. The summed E-state index contributed by atoms with van der Waals surface area (Å²) in [4.78, 5) is 32.2. The van der Waals surface area contributed by atoms with Crippen LogP contribution >= 0.6 is 0 Å². The van der Waals surface area contributed by atoms with E-state index in [4.69, 9.17) is 10.5 Å². The van der Waals surface area contributed by atoms with Gasteiger partial charge in [-0.3, -0.25) is 14.2 Å². The average molecular weight is 575 g/mol. The minimum Gasteiger partial charge on any atom is -0.381 e. The number of hydrogen-bond acceptors (Lipinski definition) is 6. The van der Waals surface area contributed by atoms with Crippen LogP contribution in [0.1, 0.15) is 67.0 Å². The number of para-hydroxylation sites is 1. The van der Waals surface area contributed by atoms with E-state index >= 15 is 0 Å². The number of benzene rings is 2. The molecule has 3 unspecified atom stereocenters. The van der Waals surface area contributed by atoms with Crippen molar-refractivity contribution in [2.24, 2.45) is 5.92 Å². The molecule has 0 aliphatic carbocycles. The molecule has 43 heavy (non-hydrogen) atoms. The van der Waals surface area contributed by atoms with Gasteiger partial charge in [-0.25, -0.2) is 9.50 Å². The lowest BCUT2D eigenvalue weighted by Gasteiger charge is -2.29. The molecule has 3 N–H and O–H groups in total. The number of nitrogen functional groups attached to an aromatic ring is 1. The molecule has 1 saturated heterocycles. The van der Waals surface area contributed by atoms with Gasteiger partial charge in [-0.15, -0.1) is 5.10 Å². The molecule has 1 aliphatic rings. The van der Waals surface area contributed by atoms with Gasteiger partial charge in [0.05, 0.1) is 23.6 Å². The molecule has 1 aliphatic heterocycles. The first-order chi connectivity index (χ1) is 20.7. The molecule has 1 fully saturated rings. The van der Waals surface area contributed by atoms with Crippen molar-refractivity contribution in [3.05, 3.63) is 99.7 Å². The van der Waals surface area contributed by atoms with Crippen LogP contribution in [-0.2, 0) is 4.74 Å². The van der Waals surface area contributed by atoms with E-state index in [2.05, 4.69) is 41.1 Å². The fourth-order valence-electron chi connectivity index (χ4n) is 5.99. The zero-order valence-electron chi connectivity index (χ0n) is 24.7. The number of fused-ring (bicyclic) bond motifs is 2. The number of carbonyl (C=O) groups excluding carboxylic acids is 1. The Kier molecular flexibility index (Phi) is 7.46. The Morgan fingerprint density at radius 1 is 1.09 bits per heavy atom. The molecule has 218 valence electrons. The number of ether oxygens (including phenoxy) is 1. The smallest absolute Gasteiger partial charge is 0.264 e. The third-order valence-corrected chi connectivity index (χ3v) is 7.95. The Balaban J connectivity index is 1.43. The van der Waals surface area contributed by atoms with Gasteiger partial charge in [0.25, 0.3) is 11.5 Å². The maximum Gasteiger partial charge on any atom is 0.264 e. The van der Waals surface area contributed by atoms with Crippen molar-refractivity contribution in [3.8, 4) is 17.5 Å². The van der Waals surface area contributed by atoms with Gasteiger partial charge in [-0.1, -0.05) is 42.2 Å². The second kappa shape index (κ2) is 11.4. The summed E-state index contributed by atoms with van der Waals surface area (Å²) < 4.78 is 9.08. The molecule has 5 aromatic rings. The maximum atomic E-state index is 14.3. The molecule has 0 bridgehead atoms. The van der Waals surface area contributed by atoms with Crippen LogP contribution in [0.5, 0.6) is 0 Å². The first kappa shape index (κ1) is 28.2. The summed E-state index contributed by atoms with van der Waals surface area (Å²) in [5.74, 6) is 6.60. The van der Waals surface area contributed by atoms with Gasteiger partial charge < -0.3 is 15.8 Å². The van der Waals surface area contributed by atoms with E-state index in [9.17, 15) is 9.59 Å². The summed E-state index contributed by atoms with van der Waals surface area (Å²) in [5.41, 5.74) is 9.32. The Labute approximate surface area is 249 Å². The lowest BCUT2D eigenvalue weighted by atomic mass is 9.92. The van der Waals surface area contributed by atoms with Crippen molar-refractivity contribution in [1.29, 1.82) is 0 Å². The lowest BCUT2D eigenvalue weighted by molar-refractivity contribution is -0.0419. The number of nitrogens with one attached hydrogen (secondary N) is 1. The molecule has 6 rings (SSSR count). The van der Waals surface area contributed by atoms with Crippen molar-refractivity contribution in [2.75, 3.05) is 5.73 Å². The lowest BCUT2D eigenvalue weighted by Crippen LogP contribution is -2.32. The molecule has 0 radical (unpaired) electrons. The van der Waals surface area contributed by atoms with Crippen molar-refractivity contribution < 1.29 is 9.53 Å². The third-order valence-electron chi connectivity index (χ3n) is 7.95. The number of pyridine rings is 1. The van der Waals surface area contributed by atoms with E-state index in [-0.39, 0.29) is 35.1 Å². The van der Waals surface area contributed by atoms with Gasteiger partial charge >= 0.3 is 0 Å². The molecule has 9 heteroatoms. The maximum absolute atomic E-state index is 14.3. The van der Waals surface area contributed by atoms with Crippen LogP contribution in [0.2, 0.25) is 0 Å². The monoisotopic (exact) mass is 574 g/mol. The zero-order chi connectivity index (χ0) is 30.2. The molecule has 0 saturated carbocycles. The van der Waals surface area contributed by atoms with Crippen LogP contribution < -0.4 is 16.6 Å². The number of amides is 1. The average Bonchev–Trinajstić information content (AvgIpc) is 3.33. The van der Waals surface area contributed by atoms with Crippen LogP contribution in [0, 0.1) is 24.7 Å². The Hall–Kier alpha value is -4.94. The summed E-state index contributed by atoms with van der Waals surface area (Å²) in [6.07, 6.45) is 3.65. The number of aromatic nitrogens is 4. The van der Waals surface area contributed by atoms with E-state index in [0.29, 0.717) is 28.0 Å². The molecule has 1 amide bonds. The van der Waals surface area contributed by atoms with E-state index in [1.807, 2.05) is 68.4 Å². The van der Waals surface area contributed by atoms with E-state index in [1.165, 1.54) is 0 Å². The molecule has 0 spiro atoms. The first-order valence-electron chi connectivity index (χ1n) is 14.5. The highest BCUT2D eigenvalue weighted by atomic mass is 16.5. The Morgan fingerprint density at radius 2 is 1.84 bits per heavy atom. The zero-order valence-corrected chi connectivity index (χ0v) is 24.7. The Morgan fingerprint density at radius 3 is 2.58 bits per heavy atom. The highest BCUT2D eigenvalue weighted by Crippen LogP contribution is 2.26. The number of nitrogens with two attached hydrogens (primary N) is 1. The fraction of sp³-hybridized carbons (Fsp3) is 0.294. The van der Waals surface area contributed by atoms with Crippen molar-refractivity contribution >= 4 is 28.1 Å². The minimum atomic E-state index is -0.566. The van der Waals surface area contributed by atoms with E-state index in [1.54, 1.807) is 21.3 Å². The van der Waals surface area contributed by atoms with Crippen molar-refractivity contribution in [3.63, 3.8) is 0 Å². The summed E-state index contributed by atoms with van der Waals surface area (Å²) in [5, 5.41) is 8.63. The van der Waals surface area contributed by atoms with Crippen LogP contribution in [0.4, 0.5) is 5.82 Å². The molecular formula is C34H34N6O3. The van der Waals surface area contributed by atoms with Gasteiger partial charge in [0, 0.05) is 34.8 Å². The predicted molar refractivity (Wildman–Crippen MR) is 167 cm³/mol. The van der Waals surface area contributed by atoms with Gasteiger partial charge in [-0.05, 0) is 76.3 Å². The number of aryl methyl sites for hydroxylation is 1. The van der Waals surface area contributed by atoms with Crippen molar-refractivity contribution in [1.82, 2.24) is 24.5 Å². The largest absolute Gasteiger partial charge is 0.381 e. The van der Waals surface area contributed by atoms with Crippen LogP contribution in [0.25, 0.3) is 22.1 Å². The summed E-state index contributed by atoms with van der Waals surface area (Å²) in [6.45, 7) is 7.85. The Bertz CT molecular complexity index is 1960. The van der Waals surface area contributed by atoms with Gasteiger partial charge in [-0.2, -0.15) is 0 Å². The minimum absolute atomic E-state index is 0.0852. The van der Waals surface area contributed by atoms with Gasteiger partial charge in [0.1, 0.15) is 5.56 Å².